The summed E-state index contributed by atoms with van der Waals surface area (Å²) in [5, 5.41) is 9.36. The Morgan fingerprint density at radius 2 is 1.97 bits per heavy atom. The van der Waals surface area contributed by atoms with E-state index in [9.17, 15) is 9.59 Å². The lowest BCUT2D eigenvalue weighted by molar-refractivity contribution is -0.132. The maximum absolute atomic E-state index is 13.1. The molecule has 0 fully saturated rings. The zero-order valence-corrected chi connectivity index (χ0v) is 20.0. The molecule has 0 aliphatic rings. The first-order valence-corrected chi connectivity index (χ1v) is 12.0. The maximum Gasteiger partial charge on any atom is 0.259 e. The van der Waals surface area contributed by atoms with Crippen LogP contribution < -0.4 is 5.56 Å². The van der Waals surface area contributed by atoms with Gasteiger partial charge in [0, 0.05) is 11.4 Å². The first kappa shape index (κ1) is 23.0. The topological polar surface area (TPSA) is 89.8 Å². The number of carbonyl (C=O) groups is 1. The van der Waals surface area contributed by atoms with Crippen molar-refractivity contribution in [1.29, 1.82) is 5.26 Å². The van der Waals surface area contributed by atoms with Gasteiger partial charge in [0.25, 0.3) is 5.56 Å². The summed E-state index contributed by atoms with van der Waals surface area (Å²) in [5.74, 6) is 1.08. The van der Waals surface area contributed by atoms with Gasteiger partial charge in [0.15, 0.2) is 0 Å². The van der Waals surface area contributed by atoms with Crippen molar-refractivity contribution >= 4 is 39.2 Å². The van der Waals surface area contributed by atoms with Crippen LogP contribution in [-0.2, 0) is 10.5 Å². The summed E-state index contributed by atoms with van der Waals surface area (Å²) < 4.78 is 0. The van der Waals surface area contributed by atoms with Crippen LogP contribution in [0.1, 0.15) is 54.2 Å². The third kappa shape index (κ3) is 4.83. The number of H-pyrrole nitrogens is 1. The standard InChI is InChI=1S/C23H26N4O2S2/c1-6-27(14(3)18-9-7-17(11-24)8-10-18)23(29)16(5)30-12-19-25-21(28)20-13(2)15(4)31-22(20)26-19/h7-10,14,16H,6,12H2,1-5H3,(H,25,26,28). The molecule has 1 amide bonds. The Hall–Kier alpha value is -2.63. The highest BCUT2D eigenvalue weighted by Crippen LogP contribution is 2.28. The highest BCUT2D eigenvalue weighted by Gasteiger charge is 2.25. The molecule has 0 bridgehead atoms. The van der Waals surface area contributed by atoms with Crippen LogP contribution in [0, 0.1) is 25.2 Å². The minimum absolute atomic E-state index is 0.0376. The summed E-state index contributed by atoms with van der Waals surface area (Å²) in [5.41, 5.74) is 2.45. The lowest BCUT2D eigenvalue weighted by Crippen LogP contribution is -2.38. The van der Waals surface area contributed by atoms with Gasteiger partial charge >= 0.3 is 0 Å². The number of thioether (sulfide) groups is 1. The van der Waals surface area contributed by atoms with Gasteiger partial charge in [-0.2, -0.15) is 5.26 Å². The maximum atomic E-state index is 13.1. The predicted octanol–water partition coefficient (Wildman–Crippen LogP) is 4.70. The van der Waals surface area contributed by atoms with Gasteiger partial charge in [-0.25, -0.2) is 4.98 Å². The summed E-state index contributed by atoms with van der Waals surface area (Å²) in [6.07, 6.45) is 0. The fourth-order valence-corrected chi connectivity index (χ4v) is 5.38. The molecule has 0 aliphatic carbocycles. The van der Waals surface area contributed by atoms with Crippen molar-refractivity contribution in [2.24, 2.45) is 0 Å². The minimum Gasteiger partial charge on any atom is -0.335 e. The van der Waals surface area contributed by atoms with E-state index >= 15 is 0 Å². The van der Waals surface area contributed by atoms with Gasteiger partial charge in [0.1, 0.15) is 10.7 Å². The van der Waals surface area contributed by atoms with Crippen LogP contribution in [0.3, 0.4) is 0 Å². The van der Waals surface area contributed by atoms with E-state index in [1.807, 2.05) is 51.7 Å². The second kappa shape index (κ2) is 9.67. The molecule has 0 spiro atoms. The van der Waals surface area contributed by atoms with E-state index in [0.717, 1.165) is 20.8 Å². The molecule has 1 N–H and O–H groups in total. The number of nitriles is 1. The van der Waals surface area contributed by atoms with E-state index < -0.39 is 0 Å². The lowest BCUT2D eigenvalue weighted by Gasteiger charge is -2.30. The Balaban J connectivity index is 1.70. The van der Waals surface area contributed by atoms with Gasteiger partial charge in [0.05, 0.1) is 34.1 Å². The average molecular weight is 455 g/mol. The van der Waals surface area contributed by atoms with Crippen molar-refractivity contribution in [3.8, 4) is 6.07 Å². The average Bonchev–Trinajstić information content (AvgIpc) is 3.06. The van der Waals surface area contributed by atoms with Gasteiger partial charge in [-0.1, -0.05) is 12.1 Å². The molecule has 31 heavy (non-hydrogen) atoms. The molecule has 0 saturated carbocycles. The lowest BCUT2D eigenvalue weighted by atomic mass is 10.0. The predicted molar refractivity (Wildman–Crippen MR) is 127 cm³/mol. The number of hydrogen-bond acceptors (Lipinski definition) is 6. The summed E-state index contributed by atoms with van der Waals surface area (Å²) in [6, 6.07) is 9.35. The molecule has 0 saturated heterocycles. The minimum atomic E-state index is -0.284. The number of nitrogens with zero attached hydrogens (tertiary/aromatic N) is 3. The molecule has 2 aromatic heterocycles. The summed E-state index contributed by atoms with van der Waals surface area (Å²) in [7, 11) is 0. The third-order valence-electron chi connectivity index (χ3n) is 5.52. The van der Waals surface area contributed by atoms with Crippen LogP contribution >= 0.6 is 23.1 Å². The molecule has 2 unspecified atom stereocenters. The van der Waals surface area contributed by atoms with Crippen molar-refractivity contribution in [2.75, 3.05) is 6.54 Å². The molecule has 8 heteroatoms. The number of aromatic amines is 1. The highest BCUT2D eigenvalue weighted by molar-refractivity contribution is 7.99. The first-order valence-electron chi connectivity index (χ1n) is 10.2. The molecule has 0 radical (unpaired) electrons. The number of aromatic nitrogens is 2. The Labute approximate surface area is 190 Å². The van der Waals surface area contributed by atoms with Crippen molar-refractivity contribution in [3.63, 3.8) is 0 Å². The van der Waals surface area contributed by atoms with Crippen molar-refractivity contribution in [2.45, 2.75) is 51.7 Å². The number of thiophene rings is 1. The van der Waals surface area contributed by atoms with Crippen molar-refractivity contribution < 1.29 is 4.79 Å². The largest absolute Gasteiger partial charge is 0.335 e. The van der Waals surface area contributed by atoms with Gasteiger partial charge in [-0.3, -0.25) is 9.59 Å². The number of amides is 1. The number of aryl methyl sites for hydroxylation is 2. The van der Waals surface area contributed by atoms with Crippen LogP contribution in [0.4, 0.5) is 0 Å². The van der Waals surface area contributed by atoms with Crippen molar-refractivity contribution in [3.05, 3.63) is 62.0 Å². The van der Waals surface area contributed by atoms with Crippen LogP contribution in [0.2, 0.25) is 0 Å². The SMILES string of the molecule is CCN(C(=O)C(C)SCc1nc2sc(C)c(C)c2c(=O)[nH]1)C(C)c1ccc(C#N)cc1. The zero-order valence-electron chi connectivity index (χ0n) is 18.4. The third-order valence-corrected chi connectivity index (χ3v) is 7.76. The van der Waals surface area contributed by atoms with E-state index in [1.54, 1.807) is 12.1 Å². The van der Waals surface area contributed by atoms with E-state index in [4.69, 9.17) is 5.26 Å². The van der Waals surface area contributed by atoms with Crippen LogP contribution in [0.5, 0.6) is 0 Å². The fourth-order valence-electron chi connectivity index (χ4n) is 3.51. The molecular weight excluding hydrogens is 428 g/mol. The second-order valence-corrected chi connectivity index (χ2v) is 10.00. The molecular formula is C23H26N4O2S2. The Morgan fingerprint density at radius 1 is 1.29 bits per heavy atom. The molecule has 162 valence electrons. The Morgan fingerprint density at radius 3 is 2.58 bits per heavy atom. The molecule has 0 aliphatic heterocycles. The summed E-state index contributed by atoms with van der Waals surface area (Å²) in [4.78, 5) is 36.7. The van der Waals surface area contributed by atoms with Gasteiger partial charge in [-0.15, -0.1) is 23.1 Å². The summed E-state index contributed by atoms with van der Waals surface area (Å²) >= 11 is 2.99. The van der Waals surface area contributed by atoms with E-state index in [1.165, 1.54) is 23.1 Å². The van der Waals surface area contributed by atoms with Crippen LogP contribution in [-0.4, -0.2) is 32.6 Å². The molecule has 2 heterocycles. The van der Waals surface area contributed by atoms with Crippen LogP contribution in [0.15, 0.2) is 29.1 Å². The van der Waals surface area contributed by atoms with E-state index in [0.29, 0.717) is 29.1 Å². The normalized spacial score (nSPS) is 13.0. The van der Waals surface area contributed by atoms with E-state index in [-0.39, 0.29) is 22.8 Å². The smallest absolute Gasteiger partial charge is 0.259 e. The highest BCUT2D eigenvalue weighted by atomic mass is 32.2. The van der Waals surface area contributed by atoms with Gasteiger partial charge in [0.2, 0.25) is 5.91 Å². The zero-order chi connectivity index (χ0) is 22.7. The monoisotopic (exact) mass is 454 g/mol. The number of nitrogens with one attached hydrogen (secondary N) is 1. The van der Waals surface area contributed by atoms with Gasteiger partial charge in [-0.05, 0) is 57.9 Å². The molecule has 3 rings (SSSR count). The molecule has 6 nitrogen and oxygen atoms in total. The quantitative estimate of drug-likeness (QED) is 0.559. The Kier molecular flexibility index (Phi) is 7.19. The molecule has 3 aromatic rings. The first-order chi connectivity index (χ1) is 14.8. The number of benzene rings is 1. The van der Waals surface area contributed by atoms with E-state index in [2.05, 4.69) is 16.0 Å². The summed E-state index contributed by atoms with van der Waals surface area (Å²) in [6.45, 7) is 10.4. The molecule has 1 aromatic carbocycles. The van der Waals surface area contributed by atoms with Crippen molar-refractivity contribution in [1.82, 2.24) is 14.9 Å². The number of hydrogen-bond donors (Lipinski definition) is 1. The Bertz CT molecular complexity index is 1190. The fraction of sp³-hybridized carbons (Fsp3) is 0.391. The second-order valence-electron chi connectivity index (χ2n) is 7.46. The van der Waals surface area contributed by atoms with Gasteiger partial charge < -0.3 is 9.88 Å². The number of fused-ring (bicyclic) bond motifs is 1. The number of rotatable bonds is 7. The number of carbonyl (C=O) groups excluding carboxylic acids is 1. The van der Waals surface area contributed by atoms with Crippen LogP contribution in [0.25, 0.3) is 10.2 Å². The molecule has 2 atom stereocenters.